The molecule has 0 aromatic heterocycles. The van der Waals surface area contributed by atoms with Crippen LogP contribution >= 0.6 is 0 Å². The molecule has 1 aliphatic heterocycles. The summed E-state index contributed by atoms with van der Waals surface area (Å²) < 4.78 is 0. The molecule has 1 fully saturated rings. The topological polar surface area (TPSA) is 93.5 Å². The van der Waals surface area contributed by atoms with Crippen molar-refractivity contribution in [3.63, 3.8) is 0 Å². The molecule has 2 aromatic carbocycles. The Hall–Kier alpha value is -3.66. The number of urea groups is 1. The molecule has 0 unspecified atom stereocenters. The average Bonchev–Trinajstić information content (AvgIpc) is 2.86. The number of anilines is 2. The first-order chi connectivity index (χ1) is 12.9. The number of hydrogen-bond donors (Lipinski definition) is 1. The predicted octanol–water partition coefficient (Wildman–Crippen LogP) is 2.66. The molecule has 0 spiro atoms. The van der Waals surface area contributed by atoms with Gasteiger partial charge in [0.05, 0.1) is 11.6 Å². The van der Waals surface area contributed by atoms with Gasteiger partial charge >= 0.3 is 6.03 Å². The van der Waals surface area contributed by atoms with Gasteiger partial charge in [0, 0.05) is 11.4 Å². The van der Waals surface area contributed by atoms with Crippen molar-refractivity contribution < 1.29 is 14.4 Å². The van der Waals surface area contributed by atoms with E-state index in [0.29, 0.717) is 16.9 Å². The van der Waals surface area contributed by atoms with Crippen LogP contribution in [0.4, 0.5) is 16.2 Å². The second kappa shape index (κ2) is 7.30. The van der Waals surface area contributed by atoms with Gasteiger partial charge in [-0.05, 0) is 44.2 Å². The number of nitriles is 1. The zero-order valence-corrected chi connectivity index (χ0v) is 15.0. The maximum atomic E-state index is 12.7. The number of imide groups is 1. The van der Waals surface area contributed by atoms with Crippen molar-refractivity contribution in [3.05, 3.63) is 59.7 Å². The van der Waals surface area contributed by atoms with Gasteiger partial charge in [0.1, 0.15) is 12.6 Å². The van der Waals surface area contributed by atoms with Crippen LogP contribution in [-0.4, -0.2) is 35.3 Å². The van der Waals surface area contributed by atoms with Gasteiger partial charge in [-0.25, -0.2) is 4.79 Å². The number of aryl methyl sites for hydroxylation is 1. The highest BCUT2D eigenvalue weighted by atomic mass is 16.2. The van der Waals surface area contributed by atoms with Gasteiger partial charge in [0.25, 0.3) is 5.91 Å². The van der Waals surface area contributed by atoms with E-state index in [-0.39, 0.29) is 6.54 Å². The molecule has 1 heterocycles. The SMILES string of the molecule is Cc1ccc(N2C(=O)N(CC(=O)Nc3cccc(C#N)c3)C(=O)[C@@H]2C)cc1. The Balaban J connectivity index is 1.73. The summed E-state index contributed by atoms with van der Waals surface area (Å²) in [5, 5.41) is 11.5. The first kappa shape index (κ1) is 18.1. The van der Waals surface area contributed by atoms with E-state index >= 15 is 0 Å². The normalized spacial score (nSPS) is 16.4. The van der Waals surface area contributed by atoms with Gasteiger partial charge in [0.15, 0.2) is 0 Å². The zero-order valence-electron chi connectivity index (χ0n) is 15.0. The standard InChI is InChI=1S/C20H18N4O3/c1-13-6-8-17(9-7-13)24-14(2)19(26)23(20(24)27)12-18(25)22-16-5-3-4-15(10-16)11-21/h3-10,14H,12H2,1-2H3,(H,22,25)/t14-/m0/s1. The molecule has 27 heavy (non-hydrogen) atoms. The van der Waals surface area contributed by atoms with Crippen LogP contribution in [0.15, 0.2) is 48.5 Å². The fraction of sp³-hybridized carbons (Fsp3) is 0.200. The highest BCUT2D eigenvalue weighted by Gasteiger charge is 2.44. The maximum Gasteiger partial charge on any atom is 0.332 e. The number of benzene rings is 2. The van der Waals surface area contributed by atoms with E-state index < -0.39 is 23.9 Å². The lowest BCUT2D eigenvalue weighted by atomic mass is 10.2. The Bertz CT molecular complexity index is 946. The van der Waals surface area contributed by atoms with E-state index in [1.54, 1.807) is 37.3 Å². The van der Waals surface area contributed by atoms with Gasteiger partial charge in [0.2, 0.25) is 5.91 Å². The van der Waals surface area contributed by atoms with E-state index in [9.17, 15) is 14.4 Å². The molecule has 1 atom stereocenters. The predicted molar refractivity (Wildman–Crippen MR) is 100 cm³/mol. The summed E-state index contributed by atoms with van der Waals surface area (Å²) in [6.07, 6.45) is 0. The van der Waals surface area contributed by atoms with Crippen molar-refractivity contribution in [1.29, 1.82) is 5.26 Å². The van der Waals surface area contributed by atoms with Crippen molar-refractivity contribution in [1.82, 2.24) is 4.90 Å². The van der Waals surface area contributed by atoms with Gasteiger partial charge < -0.3 is 5.32 Å². The van der Waals surface area contributed by atoms with Crippen LogP contribution in [0.3, 0.4) is 0 Å². The Morgan fingerprint density at radius 1 is 1.19 bits per heavy atom. The van der Waals surface area contributed by atoms with Crippen molar-refractivity contribution in [2.45, 2.75) is 19.9 Å². The summed E-state index contributed by atoms with van der Waals surface area (Å²) in [5.74, 6) is -0.939. The Morgan fingerprint density at radius 2 is 1.89 bits per heavy atom. The highest BCUT2D eigenvalue weighted by Crippen LogP contribution is 2.26. The summed E-state index contributed by atoms with van der Waals surface area (Å²) in [6, 6.07) is 14.4. The number of rotatable bonds is 4. The fourth-order valence-corrected chi connectivity index (χ4v) is 2.92. The Kier molecular flexibility index (Phi) is 4.90. The second-order valence-corrected chi connectivity index (χ2v) is 6.33. The van der Waals surface area contributed by atoms with Crippen LogP contribution < -0.4 is 10.2 Å². The molecule has 2 aromatic rings. The van der Waals surface area contributed by atoms with E-state index in [1.165, 1.54) is 11.0 Å². The van der Waals surface area contributed by atoms with E-state index in [4.69, 9.17) is 5.26 Å². The van der Waals surface area contributed by atoms with Crippen LogP contribution in [0.25, 0.3) is 0 Å². The van der Waals surface area contributed by atoms with Crippen molar-refractivity contribution in [3.8, 4) is 6.07 Å². The van der Waals surface area contributed by atoms with Crippen LogP contribution in [0.5, 0.6) is 0 Å². The molecule has 1 aliphatic rings. The summed E-state index contributed by atoms with van der Waals surface area (Å²) in [4.78, 5) is 39.8. The highest BCUT2D eigenvalue weighted by molar-refractivity contribution is 6.16. The monoisotopic (exact) mass is 362 g/mol. The molecule has 1 saturated heterocycles. The third-order valence-electron chi connectivity index (χ3n) is 4.34. The number of amides is 4. The minimum atomic E-state index is -0.685. The molecule has 4 amide bonds. The minimum Gasteiger partial charge on any atom is -0.324 e. The lowest BCUT2D eigenvalue weighted by Gasteiger charge is -2.19. The fourth-order valence-electron chi connectivity index (χ4n) is 2.92. The second-order valence-electron chi connectivity index (χ2n) is 6.33. The molecular weight excluding hydrogens is 344 g/mol. The van der Waals surface area contributed by atoms with Crippen molar-refractivity contribution >= 4 is 29.2 Å². The lowest BCUT2D eigenvalue weighted by Crippen LogP contribution is -2.39. The quantitative estimate of drug-likeness (QED) is 0.846. The lowest BCUT2D eigenvalue weighted by molar-refractivity contribution is -0.130. The van der Waals surface area contributed by atoms with Crippen molar-refractivity contribution in [2.24, 2.45) is 0 Å². The van der Waals surface area contributed by atoms with Crippen molar-refractivity contribution in [2.75, 3.05) is 16.8 Å². The smallest absolute Gasteiger partial charge is 0.324 e. The maximum absolute atomic E-state index is 12.7. The molecule has 0 bridgehead atoms. The number of nitrogens with one attached hydrogen (secondary N) is 1. The molecule has 136 valence electrons. The molecule has 0 saturated carbocycles. The number of carbonyl (C=O) groups is 3. The molecule has 3 rings (SSSR count). The molecule has 7 nitrogen and oxygen atoms in total. The van der Waals surface area contributed by atoms with E-state index in [2.05, 4.69) is 5.32 Å². The third kappa shape index (κ3) is 3.65. The third-order valence-corrected chi connectivity index (χ3v) is 4.34. The Morgan fingerprint density at radius 3 is 2.56 bits per heavy atom. The van der Waals surface area contributed by atoms with Gasteiger partial charge in [-0.1, -0.05) is 23.8 Å². The summed E-state index contributed by atoms with van der Waals surface area (Å²) >= 11 is 0. The van der Waals surface area contributed by atoms with Gasteiger partial charge in [-0.2, -0.15) is 5.26 Å². The largest absolute Gasteiger partial charge is 0.332 e. The molecule has 1 N–H and O–H groups in total. The van der Waals surface area contributed by atoms with Gasteiger partial charge in [-0.15, -0.1) is 0 Å². The van der Waals surface area contributed by atoms with Crippen LogP contribution in [0, 0.1) is 18.3 Å². The van der Waals surface area contributed by atoms with Gasteiger partial charge in [-0.3, -0.25) is 19.4 Å². The molecule has 7 heteroatoms. The van der Waals surface area contributed by atoms with E-state index in [0.717, 1.165) is 10.5 Å². The van der Waals surface area contributed by atoms with Crippen LogP contribution in [0.2, 0.25) is 0 Å². The number of hydrogen-bond acceptors (Lipinski definition) is 4. The molecule has 0 aliphatic carbocycles. The van der Waals surface area contributed by atoms with Crippen LogP contribution in [0.1, 0.15) is 18.1 Å². The zero-order chi connectivity index (χ0) is 19.6. The Labute approximate surface area is 156 Å². The average molecular weight is 362 g/mol. The first-order valence-corrected chi connectivity index (χ1v) is 8.42. The summed E-state index contributed by atoms with van der Waals surface area (Å²) in [5.41, 5.74) is 2.48. The number of nitrogens with zero attached hydrogens (tertiary/aromatic N) is 3. The minimum absolute atomic E-state index is 0.388. The molecule has 0 radical (unpaired) electrons. The summed E-state index contributed by atoms with van der Waals surface area (Å²) in [6.45, 7) is 3.18. The van der Waals surface area contributed by atoms with E-state index in [1.807, 2.05) is 25.1 Å². The van der Waals surface area contributed by atoms with Crippen LogP contribution in [-0.2, 0) is 9.59 Å². The summed E-state index contributed by atoms with van der Waals surface area (Å²) in [7, 11) is 0. The molecular formula is C20H18N4O3. The number of carbonyl (C=O) groups excluding carboxylic acids is 3. The first-order valence-electron chi connectivity index (χ1n) is 8.42.